The van der Waals surface area contributed by atoms with E-state index in [0.29, 0.717) is 5.56 Å². The minimum absolute atomic E-state index is 0.00807. The number of ether oxygens (including phenoxy) is 1. The predicted octanol–water partition coefficient (Wildman–Crippen LogP) is 1.56. The van der Waals surface area contributed by atoms with Crippen LogP contribution in [-0.2, 0) is 16.6 Å². The molecule has 30 heavy (non-hydrogen) atoms. The molecule has 0 radical (unpaired) electrons. The molecule has 0 saturated heterocycles. The van der Waals surface area contributed by atoms with Crippen molar-refractivity contribution >= 4 is 16.0 Å². The van der Waals surface area contributed by atoms with Crippen molar-refractivity contribution in [1.82, 2.24) is 9.78 Å². The van der Waals surface area contributed by atoms with Gasteiger partial charge in [-0.05, 0) is 29.8 Å². The molecule has 10 heteroatoms. The summed E-state index contributed by atoms with van der Waals surface area (Å²) in [6.07, 6.45) is 1.45. The SMILES string of the molecule is C=CCn1nc(-c2ccc(S(N)(=O)=O)cc2)c(-c2ccc(OC)c(F)c2)c1C(=O)[O-]. The summed E-state index contributed by atoms with van der Waals surface area (Å²) >= 11 is 0. The van der Waals surface area contributed by atoms with Gasteiger partial charge in [0.1, 0.15) is 5.69 Å². The summed E-state index contributed by atoms with van der Waals surface area (Å²) in [4.78, 5) is 11.8. The average Bonchev–Trinajstić information content (AvgIpc) is 3.07. The fraction of sp³-hybridized carbons (Fsp3) is 0.100. The topological polar surface area (TPSA) is 127 Å². The number of nitrogens with zero attached hydrogens (tertiary/aromatic N) is 2. The van der Waals surface area contributed by atoms with Crippen LogP contribution in [0.25, 0.3) is 22.4 Å². The third-order valence-electron chi connectivity index (χ3n) is 4.34. The highest BCUT2D eigenvalue weighted by molar-refractivity contribution is 7.89. The third-order valence-corrected chi connectivity index (χ3v) is 5.27. The Morgan fingerprint density at radius 2 is 1.90 bits per heavy atom. The molecular weight excluding hydrogens is 413 g/mol. The molecule has 0 spiro atoms. The van der Waals surface area contributed by atoms with E-state index < -0.39 is 21.8 Å². The number of carboxylic acid groups (broad SMARTS) is 1. The molecule has 0 aliphatic carbocycles. The van der Waals surface area contributed by atoms with Crippen LogP contribution in [0.4, 0.5) is 4.39 Å². The fourth-order valence-electron chi connectivity index (χ4n) is 3.02. The second kappa shape index (κ2) is 8.09. The largest absolute Gasteiger partial charge is 0.543 e. The first kappa shape index (κ1) is 21.2. The molecule has 1 heterocycles. The Balaban J connectivity index is 2.29. The second-order valence-corrected chi connectivity index (χ2v) is 7.81. The van der Waals surface area contributed by atoms with Gasteiger partial charge in [0.05, 0.1) is 30.2 Å². The van der Waals surface area contributed by atoms with Gasteiger partial charge in [0.2, 0.25) is 10.0 Å². The molecule has 0 aliphatic heterocycles. The van der Waals surface area contributed by atoms with Crippen molar-refractivity contribution in [3.05, 3.63) is 66.6 Å². The number of primary sulfonamides is 1. The first-order valence-electron chi connectivity index (χ1n) is 8.57. The smallest absolute Gasteiger partial charge is 0.238 e. The molecule has 0 amide bonds. The number of carbonyl (C=O) groups is 1. The van der Waals surface area contributed by atoms with Crippen LogP contribution in [0.15, 0.2) is 60.0 Å². The maximum Gasteiger partial charge on any atom is 0.238 e. The van der Waals surface area contributed by atoms with Gasteiger partial charge in [-0.2, -0.15) is 5.10 Å². The number of benzene rings is 2. The van der Waals surface area contributed by atoms with E-state index >= 15 is 0 Å². The molecule has 2 N–H and O–H groups in total. The van der Waals surface area contributed by atoms with Gasteiger partial charge in [-0.15, -0.1) is 6.58 Å². The van der Waals surface area contributed by atoms with Crippen molar-refractivity contribution in [2.24, 2.45) is 5.14 Å². The number of nitrogens with two attached hydrogens (primary N) is 1. The zero-order valence-corrected chi connectivity index (χ0v) is 16.6. The number of sulfonamides is 1. The Bertz CT molecular complexity index is 1230. The van der Waals surface area contributed by atoms with Crippen LogP contribution >= 0.6 is 0 Å². The Labute approximate surface area is 172 Å². The van der Waals surface area contributed by atoms with Crippen molar-refractivity contribution in [3.8, 4) is 28.1 Å². The van der Waals surface area contributed by atoms with Gasteiger partial charge in [0.15, 0.2) is 11.6 Å². The van der Waals surface area contributed by atoms with E-state index in [1.54, 1.807) is 0 Å². The van der Waals surface area contributed by atoms with Crippen LogP contribution in [0, 0.1) is 5.82 Å². The summed E-state index contributed by atoms with van der Waals surface area (Å²) < 4.78 is 43.4. The summed E-state index contributed by atoms with van der Waals surface area (Å²) in [7, 11) is -2.60. The van der Waals surface area contributed by atoms with Gasteiger partial charge in [-0.3, -0.25) is 4.68 Å². The van der Waals surface area contributed by atoms with E-state index in [4.69, 9.17) is 9.88 Å². The monoisotopic (exact) mass is 430 g/mol. The van der Waals surface area contributed by atoms with E-state index in [1.807, 2.05) is 0 Å². The summed E-state index contributed by atoms with van der Waals surface area (Å²) in [5.41, 5.74) is 0.667. The summed E-state index contributed by atoms with van der Waals surface area (Å²) in [6.45, 7) is 3.64. The zero-order chi connectivity index (χ0) is 22.1. The van der Waals surface area contributed by atoms with Crippen LogP contribution < -0.4 is 15.0 Å². The Morgan fingerprint density at radius 3 is 2.40 bits per heavy atom. The standard InChI is InChI=1S/C20H18FN3O5S/c1-3-10-24-19(20(25)26)17(13-6-9-16(29-2)15(21)11-13)18(23-24)12-4-7-14(8-5-12)30(22,27)28/h3-9,11H,1,10H2,2H3,(H,25,26)(H2,22,27,28)/p-1. The lowest BCUT2D eigenvalue weighted by atomic mass is 9.98. The Morgan fingerprint density at radius 1 is 1.27 bits per heavy atom. The van der Waals surface area contributed by atoms with Gasteiger partial charge < -0.3 is 14.6 Å². The van der Waals surface area contributed by atoms with E-state index in [-0.39, 0.29) is 39.7 Å². The highest BCUT2D eigenvalue weighted by Gasteiger charge is 2.22. The predicted molar refractivity (Wildman–Crippen MR) is 106 cm³/mol. The summed E-state index contributed by atoms with van der Waals surface area (Å²) in [6, 6.07) is 9.39. The molecule has 1 aromatic heterocycles. The quantitative estimate of drug-likeness (QED) is 0.567. The van der Waals surface area contributed by atoms with Crippen LogP contribution in [0.1, 0.15) is 10.5 Å². The van der Waals surface area contributed by atoms with Gasteiger partial charge in [-0.1, -0.05) is 24.3 Å². The number of aromatic carboxylic acids is 1. The molecule has 0 bridgehead atoms. The first-order chi connectivity index (χ1) is 14.2. The number of carbonyl (C=O) groups excluding carboxylic acids is 1. The van der Waals surface area contributed by atoms with E-state index in [9.17, 15) is 22.7 Å². The van der Waals surface area contributed by atoms with Gasteiger partial charge >= 0.3 is 0 Å². The fourth-order valence-corrected chi connectivity index (χ4v) is 3.54. The summed E-state index contributed by atoms with van der Waals surface area (Å²) in [5.74, 6) is -2.21. The molecule has 0 fully saturated rings. The minimum Gasteiger partial charge on any atom is -0.543 e. The van der Waals surface area contributed by atoms with Crippen LogP contribution in [-0.4, -0.2) is 31.3 Å². The molecule has 0 saturated carbocycles. The summed E-state index contributed by atoms with van der Waals surface area (Å²) in [5, 5.41) is 21.4. The number of hydrogen-bond donors (Lipinski definition) is 1. The Kier molecular flexibility index (Phi) is 5.72. The van der Waals surface area contributed by atoms with Crippen molar-refractivity contribution in [2.75, 3.05) is 7.11 Å². The second-order valence-electron chi connectivity index (χ2n) is 6.25. The van der Waals surface area contributed by atoms with E-state index in [1.165, 1.54) is 54.3 Å². The lowest BCUT2D eigenvalue weighted by Gasteiger charge is -2.11. The van der Waals surface area contributed by atoms with E-state index in [0.717, 1.165) is 6.07 Å². The number of allylic oxidation sites excluding steroid dienone is 1. The molecule has 156 valence electrons. The lowest BCUT2D eigenvalue weighted by Crippen LogP contribution is -2.26. The molecule has 3 rings (SSSR count). The van der Waals surface area contributed by atoms with Gasteiger partial charge in [-0.25, -0.2) is 17.9 Å². The maximum atomic E-state index is 14.3. The lowest BCUT2D eigenvalue weighted by molar-refractivity contribution is -0.255. The normalized spacial score (nSPS) is 11.3. The third kappa shape index (κ3) is 3.95. The number of halogens is 1. The van der Waals surface area contributed by atoms with E-state index in [2.05, 4.69) is 11.7 Å². The van der Waals surface area contributed by atoms with Crippen molar-refractivity contribution in [3.63, 3.8) is 0 Å². The Hall–Kier alpha value is -3.50. The molecule has 0 atom stereocenters. The van der Waals surface area contributed by atoms with Crippen molar-refractivity contribution in [2.45, 2.75) is 11.4 Å². The average molecular weight is 430 g/mol. The minimum atomic E-state index is -3.91. The molecule has 0 aliphatic rings. The number of carboxylic acids is 1. The molecule has 3 aromatic rings. The van der Waals surface area contributed by atoms with Crippen LogP contribution in [0.5, 0.6) is 5.75 Å². The van der Waals surface area contributed by atoms with Crippen molar-refractivity contribution < 1.29 is 27.4 Å². The molecule has 0 unspecified atom stereocenters. The van der Waals surface area contributed by atoms with Gasteiger partial charge in [0, 0.05) is 11.1 Å². The highest BCUT2D eigenvalue weighted by atomic mass is 32.2. The number of hydrogen-bond acceptors (Lipinski definition) is 6. The van der Waals surface area contributed by atoms with Gasteiger partial charge in [0.25, 0.3) is 0 Å². The molecule has 8 nitrogen and oxygen atoms in total. The number of methoxy groups -OCH3 is 1. The number of rotatable bonds is 7. The highest BCUT2D eigenvalue weighted by Crippen LogP contribution is 2.36. The first-order valence-corrected chi connectivity index (χ1v) is 10.1. The maximum absolute atomic E-state index is 14.3. The zero-order valence-electron chi connectivity index (χ0n) is 15.8. The van der Waals surface area contributed by atoms with Crippen LogP contribution in [0.3, 0.4) is 0 Å². The number of aromatic nitrogens is 2. The van der Waals surface area contributed by atoms with Crippen molar-refractivity contribution in [1.29, 1.82) is 0 Å². The molecular formula is C20H17FN3O5S-. The van der Waals surface area contributed by atoms with Crippen LogP contribution in [0.2, 0.25) is 0 Å². The molecule has 2 aromatic carbocycles.